The minimum Gasteiger partial charge on any atom is -0.379 e. The van der Waals surface area contributed by atoms with E-state index in [1.807, 2.05) is 6.92 Å². The third kappa shape index (κ3) is 3.66. The van der Waals surface area contributed by atoms with Crippen molar-refractivity contribution in [2.24, 2.45) is 11.7 Å². The lowest BCUT2D eigenvalue weighted by atomic mass is 10.2. The molecule has 5 nitrogen and oxygen atoms in total. The molecular formula is C12H23N3O2. The van der Waals surface area contributed by atoms with Gasteiger partial charge in [-0.1, -0.05) is 0 Å². The highest BCUT2D eigenvalue weighted by Gasteiger charge is 2.29. The Morgan fingerprint density at radius 2 is 2.12 bits per heavy atom. The summed E-state index contributed by atoms with van der Waals surface area (Å²) in [6.45, 7) is 5.67. The van der Waals surface area contributed by atoms with Crippen LogP contribution in [0.2, 0.25) is 0 Å². The summed E-state index contributed by atoms with van der Waals surface area (Å²) in [5, 5.41) is 2.95. The van der Waals surface area contributed by atoms with Crippen LogP contribution in [0.1, 0.15) is 19.8 Å². The first-order valence-corrected chi connectivity index (χ1v) is 6.53. The van der Waals surface area contributed by atoms with Gasteiger partial charge in [-0.15, -0.1) is 0 Å². The lowest BCUT2D eigenvalue weighted by Gasteiger charge is -2.31. The molecule has 1 aliphatic carbocycles. The van der Waals surface area contributed by atoms with Crippen LogP contribution < -0.4 is 11.1 Å². The summed E-state index contributed by atoms with van der Waals surface area (Å²) in [5.74, 6) is 0.719. The van der Waals surface area contributed by atoms with Gasteiger partial charge in [0.05, 0.1) is 19.3 Å². The van der Waals surface area contributed by atoms with Crippen LogP contribution in [0.15, 0.2) is 0 Å². The van der Waals surface area contributed by atoms with Crippen LogP contribution in [0.4, 0.5) is 0 Å². The standard InChI is InChI=1S/C12H23N3O2/c1-9(15-4-6-17-7-5-15)12(16)14-8-11(13)10-2-3-10/h9-11H,2-8,13H2,1H3,(H,14,16). The molecule has 5 heteroatoms. The van der Waals surface area contributed by atoms with Gasteiger partial charge in [-0.3, -0.25) is 9.69 Å². The maximum Gasteiger partial charge on any atom is 0.237 e. The van der Waals surface area contributed by atoms with Crippen molar-refractivity contribution in [2.75, 3.05) is 32.8 Å². The van der Waals surface area contributed by atoms with Gasteiger partial charge in [0, 0.05) is 25.7 Å². The predicted molar refractivity (Wildman–Crippen MR) is 65.6 cm³/mol. The average molecular weight is 241 g/mol. The number of carbonyl (C=O) groups excluding carboxylic acids is 1. The second-order valence-electron chi connectivity index (χ2n) is 5.07. The number of carbonyl (C=O) groups is 1. The van der Waals surface area contributed by atoms with Crippen molar-refractivity contribution < 1.29 is 9.53 Å². The summed E-state index contributed by atoms with van der Waals surface area (Å²) in [7, 11) is 0. The number of hydrogen-bond acceptors (Lipinski definition) is 4. The zero-order valence-corrected chi connectivity index (χ0v) is 10.5. The van der Waals surface area contributed by atoms with E-state index in [2.05, 4.69) is 10.2 Å². The predicted octanol–water partition coefficient (Wildman–Crippen LogP) is -0.439. The summed E-state index contributed by atoms with van der Waals surface area (Å²) in [6.07, 6.45) is 2.44. The molecule has 2 rings (SSSR count). The zero-order chi connectivity index (χ0) is 12.3. The third-order valence-electron chi connectivity index (χ3n) is 3.71. The molecule has 1 heterocycles. The van der Waals surface area contributed by atoms with Gasteiger partial charge in [-0.2, -0.15) is 0 Å². The molecule has 2 aliphatic rings. The molecule has 0 spiro atoms. The molecule has 0 bridgehead atoms. The fourth-order valence-corrected chi connectivity index (χ4v) is 2.19. The lowest BCUT2D eigenvalue weighted by molar-refractivity contribution is -0.127. The monoisotopic (exact) mass is 241 g/mol. The molecular weight excluding hydrogens is 218 g/mol. The Morgan fingerprint density at radius 3 is 2.71 bits per heavy atom. The minimum atomic E-state index is -0.0784. The minimum absolute atomic E-state index is 0.0784. The summed E-state index contributed by atoms with van der Waals surface area (Å²) >= 11 is 0. The highest BCUT2D eigenvalue weighted by atomic mass is 16.5. The van der Waals surface area contributed by atoms with Crippen molar-refractivity contribution in [3.8, 4) is 0 Å². The van der Waals surface area contributed by atoms with E-state index in [4.69, 9.17) is 10.5 Å². The number of amides is 1. The molecule has 2 fully saturated rings. The zero-order valence-electron chi connectivity index (χ0n) is 10.5. The van der Waals surface area contributed by atoms with Crippen LogP contribution in [-0.4, -0.2) is 55.7 Å². The van der Waals surface area contributed by atoms with E-state index < -0.39 is 0 Å². The number of morpholine rings is 1. The van der Waals surface area contributed by atoms with E-state index >= 15 is 0 Å². The first kappa shape index (κ1) is 12.8. The van der Waals surface area contributed by atoms with Gasteiger partial charge in [-0.25, -0.2) is 0 Å². The summed E-state index contributed by atoms with van der Waals surface area (Å²) in [4.78, 5) is 14.1. The van der Waals surface area contributed by atoms with Crippen LogP contribution in [0.5, 0.6) is 0 Å². The molecule has 98 valence electrons. The molecule has 0 aromatic heterocycles. The van der Waals surface area contributed by atoms with Crippen molar-refractivity contribution >= 4 is 5.91 Å². The van der Waals surface area contributed by atoms with Crippen LogP contribution in [0.3, 0.4) is 0 Å². The Morgan fingerprint density at radius 1 is 1.47 bits per heavy atom. The van der Waals surface area contributed by atoms with Crippen molar-refractivity contribution in [2.45, 2.75) is 31.8 Å². The van der Waals surface area contributed by atoms with E-state index in [0.717, 1.165) is 26.3 Å². The first-order chi connectivity index (χ1) is 8.18. The molecule has 0 aromatic carbocycles. The van der Waals surface area contributed by atoms with E-state index in [1.165, 1.54) is 12.8 Å². The summed E-state index contributed by atoms with van der Waals surface area (Å²) in [5.41, 5.74) is 5.96. The van der Waals surface area contributed by atoms with Gasteiger partial charge in [0.15, 0.2) is 0 Å². The highest BCUT2D eigenvalue weighted by molar-refractivity contribution is 5.81. The van der Waals surface area contributed by atoms with Gasteiger partial charge in [0.1, 0.15) is 0 Å². The number of nitrogens with zero attached hydrogens (tertiary/aromatic N) is 1. The van der Waals surface area contributed by atoms with Crippen molar-refractivity contribution in [3.63, 3.8) is 0 Å². The molecule has 17 heavy (non-hydrogen) atoms. The third-order valence-corrected chi connectivity index (χ3v) is 3.71. The number of rotatable bonds is 5. The maximum absolute atomic E-state index is 11.9. The molecule has 2 atom stereocenters. The molecule has 2 unspecified atom stereocenters. The summed E-state index contributed by atoms with van der Waals surface area (Å²) in [6, 6.07) is 0.0566. The Labute approximate surface area is 103 Å². The molecule has 1 saturated heterocycles. The molecule has 1 amide bonds. The van der Waals surface area contributed by atoms with Crippen molar-refractivity contribution in [1.82, 2.24) is 10.2 Å². The first-order valence-electron chi connectivity index (χ1n) is 6.53. The Kier molecular flexibility index (Phi) is 4.36. The van der Waals surface area contributed by atoms with E-state index in [1.54, 1.807) is 0 Å². The Hall–Kier alpha value is -0.650. The Bertz CT molecular complexity index is 262. The van der Waals surface area contributed by atoms with Crippen LogP contribution >= 0.6 is 0 Å². The lowest BCUT2D eigenvalue weighted by Crippen LogP contribution is -2.51. The number of nitrogens with two attached hydrogens (primary N) is 1. The normalized spacial score (nSPS) is 25.3. The molecule has 1 saturated carbocycles. The van der Waals surface area contributed by atoms with Gasteiger partial charge in [-0.05, 0) is 25.7 Å². The van der Waals surface area contributed by atoms with Crippen LogP contribution in [0, 0.1) is 5.92 Å². The average Bonchev–Trinajstić information content (AvgIpc) is 3.20. The van der Waals surface area contributed by atoms with Crippen molar-refractivity contribution in [1.29, 1.82) is 0 Å². The van der Waals surface area contributed by atoms with Crippen LogP contribution in [-0.2, 0) is 9.53 Å². The molecule has 1 aliphatic heterocycles. The number of ether oxygens (including phenoxy) is 1. The quantitative estimate of drug-likeness (QED) is 0.685. The second kappa shape index (κ2) is 5.80. The van der Waals surface area contributed by atoms with E-state index in [9.17, 15) is 4.79 Å². The van der Waals surface area contributed by atoms with Crippen molar-refractivity contribution in [3.05, 3.63) is 0 Å². The van der Waals surface area contributed by atoms with Gasteiger partial charge < -0.3 is 15.8 Å². The molecule has 0 aromatic rings. The number of nitrogens with one attached hydrogen (secondary N) is 1. The van der Waals surface area contributed by atoms with Gasteiger partial charge in [0.2, 0.25) is 5.91 Å². The van der Waals surface area contributed by atoms with Crippen LogP contribution in [0.25, 0.3) is 0 Å². The summed E-state index contributed by atoms with van der Waals surface area (Å²) < 4.78 is 5.27. The topological polar surface area (TPSA) is 67.6 Å². The van der Waals surface area contributed by atoms with Gasteiger partial charge in [0.25, 0.3) is 0 Å². The highest BCUT2D eigenvalue weighted by Crippen LogP contribution is 2.31. The maximum atomic E-state index is 11.9. The smallest absolute Gasteiger partial charge is 0.237 e. The van der Waals surface area contributed by atoms with E-state index in [0.29, 0.717) is 12.5 Å². The fourth-order valence-electron chi connectivity index (χ4n) is 2.19. The largest absolute Gasteiger partial charge is 0.379 e. The molecule has 0 radical (unpaired) electrons. The Balaban J connectivity index is 1.70. The SMILES string of the molecule is CC(C(=O)NCC(N)C1CC1)N1CCOCC1. The molecule has 3 N–H and O–H groups in total. The number of hydrogen-bond donors (Lipinski definition) is 2. The van der Waals surface area contributed by atoms with E-state index in [-0.39, 0.29) is 18.0 Å². The fraction of sp³-hybridized carbons (Fsp3) is 0.917. The second-order valence-corrected chi connectivity index (χ2v) is 5.07. The van der Waals surface area contributed by atoms with Gasteiger partial charge >= 0.3 is 0 Å².